The molecule has 3 rings (SSSR count). The first kappa shape index (κ1) is 18.7. The van der Waals surface area contributed by atoms with Crippen molar-refractivity contribution >= 4 is 33.4 Å². The van der Waals surface area contributed by atoms with Gasteiger partial charge in [-0.25, -0.2) is 9.37 Å². The second-order valence-corrected chi connectivity index (χ2v) is 6.76. The minimum atomic E-state index is -0.576. The lowest BCUT2D eigenvalue weighted by Gasteiger charge is -2.06. The van der Waals surface area contributed by atoms with Gasteiger partial charge in [-0.1, -0.05) is 18.2 Å². The molecule has 0 aliphatic rings. The molecule has 2 aromatic heterocycles. The zero-order valence-corrected chi connectivity index (χ0v) is 15.4. The molecule has 27 heavy (non-hydrogen) atoms. The van der Waals surface area contributed by atoms with Crippen molar-refractivity contribution in [2.24, 2.45) is 0 Å². The van der Waals surface area contributed by atoms with Crippen LogP contribution < -0.4 is 10.9 Å². The molecule has 0 aliphatic heterocycles. The van der Waals surface area contributed by atoms with E-state index in [1.165, 1.54) is 24.1 Å². The van der Waals surface area contributed by atoms with E-state index in [0.717, 1.165) is 11.3 Å². The summed E-state index contributed by atoms with van der Waals surface area (Å²) in [5.41, 5.74) is 0.478. The predicted molar refractivity (Wildman–Crippen MR) is 98.5 cm³/mol. The summed E-state index contributed by atoms with van der Waals surface area (Å²) in [6.45, 7) is 1.41. The minimum Gasteiger partial charge on any atom is -0.468 e. The molecule has 9 heteroatoms. The number of carbonyl (C=O) groups excluding carboxylic acids is 2. The zero-order chi connectivity index (χ0) is 19.6. The van der Waals surface area contributed by atoms with Gasteiger partial charge in [0.25, 0.3) is 11.5 Å². The van der Waals surface area contributed by atoms with Crippen molar-refractivity contribution in [3.8, 4) is 0 Å². The van der Waals surface area contributed by atoms with Crippen molar-refractivity contribution < 1.29 is 18.7 Å². The van der Waals surface area contributed by atoms with Gasteiger partial charge < -0.3 is 10.1 Å². The number of rotatable bonds is 5. The summed E-state index contributed by atoms with van der Waals surface area (Å²) in [4.78, 5) is 41.2. The maximum atomic E-state index is 13.9. The van der Waals surface area contributed by atoms with Crippen LogP contribution in [0.1, 0.15) is 20.8 Å². The lowest BCUT2D eigenvalue weighted by molar-refractivity contribution is -0.139. The third-order valence-electron chi connectivity index (χ3n) is 4.04. The molecule has 0 aliphatic carbocycles. The molecular weight excluding hydrogens is 373 g/mol. The van der Waals surface area contributed by atoms with Crippen LogP contribution in [0.25, 0.3) is 10.2 Å². The van der Waals surface area contributed by atoms with Crippen LogP contribution in [0, 0.1) is 12.7 Å². The van der Waals surface area contributed by atoms with Gasteiger partial charge in [0.15, 0.2) is 0 Å². The van der Waals surface area contributed by atoms with Gasteiger partial charge in [0.1, 0.15) is 17.2 Å². The van der Waals surface area contributed by atoms with Crippen LogP contribution in [0.4, 0.5) is 4.39 Å². The second-order valence-electron chi connectivity index (χ2n) is 5.76. The van der Waals surface area contributed by atoms with Gasteiger partial charge in [-0.05, 0) is 18.6 Å². The second kappa shape index (κ2) is 7.67. The lowest BCUT2D eigenvalue weighted by atomic mass is 10.2. The number of carbonyl (C=O) groups is 2. The number of thiophene rings is 1. The number of nitrogens with zero attached hydrogens (tertiary/aromatic N) is 2. The molecule has 140 valence electrons. The predicted octanol–water partition coefficient (Wildman–Crippen LogP) is 1.86. The molecule has 0 bridgehead atoms. The first-order chi connectivity index (χ1) is 12.9. The van der Waals surface area contributed by atoms with Crippen LogP contribution in [0.15, 0.2) is 35.4 Å². The number of nitrogens with one attached hydrogen (secondary N) is 1. The van der Waals surface area contributed by atoms with E-state index in [2.05, 4.69) is 15.0 Å². The van der Waals surface area contributed by atoms with Gasteiger partial charge >= 0.3 is 5.97 Å². The molecule has 0 saturated heterocycles. The Bertz CT molecular complexity index is 1090. The Morgan fingerprint density at radius 1 is 1.33 bits per heavy atom. The summed E-state index contributed by atoms with van der Waals surface area (Å²) in [6, 6.07) is 6.18. The number of aryl methyl sites for hydroxylation is 1. The van der Waals surface area contributed by atoms with E-state index in [1.54, 1.807) is 25.1 Å². The normalized spacial score (nSPS) is 10.8. The van der Waals surface area contributed by atoms with Gasteiger partial charge in [-0.3, -0.25) is 19.0 Å². The summed E-state index contributed by atoms with van der Waals surface area (Å²) >= 11 is 1.06. The first-order valence-electron chi connectivity index (χ1n) is 7.99. The van der Waals surface area contributed by atoms with Crippen molar-refractivity contribution in [1.82, 2.24) is 14.9 Å². The number of methoxy groups -OCH3 is 1. The van der Waals surface area contributed by atoms with Gasteiger partial charge in [-0.2, -0.15) is 0 Å². The summed E-state index contributed by atoms with van der Waals surface area (Å²) in [5, 5.41) is 2.75. The molecule has 0 fully saturated rings. The highest BCUT2D eigenvalue weighted by Gasteiger charge is 2.20. The fourth-order valence-electron chi connectivity index (χ4n) is 2.60. The molecule has 0 atom stereocenters. The number of halogens is 1. The molecule has 2 heterocycles. The summed E-state index contributed by atoms with van der Waals surface area (Å²) in [6.07, 6.45) is 1.34. The standard InChI is InChI=1S/C18H16FN3O4S/c1-10-14-17(27-15(10)16(24)20-7-13(23)26-2)21-9-22(18(14)25)8-11-5-3-4-6-12(11)19/h3-6,9H,7-8H2,1-2H3,(H,20,24). The molecule has 0 saturated carbocycles. The van der Waals surface area contributed by atoms with E-state index in [0.29, 0.717) is 26.2 Å². The highest BCUT2D eigenvalue weighted by atomic mass is 32.1. The number of aromatic nitrogens is 2. The number of hydrogen-bond donors (Lipinski definition) is 1. The summed E-state index contributed by atoms with van der Waals surface area (Å²) in [7, 11) is 1.22. The topological polar surface area (TPSA) is 90.3 Å². The Hall–Kier alpha value is -3.07. The van der Waals surface area contributed by atoms with Crippen LogP contribution in [-0.2, 0) is 16.1 Å². The van der Waals surface area contributed by atoms with Gasteiger partial charge in [0.2, 0.25) is 0 Å². The Morgan fingerprint density at radius 2 is 2.07 bits per heavy atom. The molecule has 3 aromatic rings. The molecule has 0 unspecified atom stereocenters. The van der Waals surface area contributed by atoms with Crippen molar-refractivity contribution in [2.75, 3.05) is 13.7 Å². The smallest absolute Gasteiger partial charge is 0.325 e. The SMILES string of the molecule is COC(=O)CNC(=O)c1sc2ncn(Cc3ccccc3F)c(=O)c2c1C. The molecule has 1 N–H and O–H groups in total. The van der Waals surface area contributed by atoms with Gasteiger partial charge in [-0.15, -0.1) is 11.3 Å². The molecule has 0 radical (unpaired) electrons. The molecule has 1 amide bonds. The molecular formula is C18H16FN3O4S. The van der Waals surface area contributed by atoms with Crippen LogP contribution in [0.3, 0.4) is 0 Å². The van der Waals surface area contributed by atoms with Gasteiger partial charge in [0.05, 0.1) is 30.2 Å². The summed E-state index contributed by atoms with van der Waals surface area (Å²) in [5.74, 6) is -1.47. The van der Waals surface area contributed by atoms with Crippen LogP contribution in [-0.4, -0.2) is 35.1 Å². The maximum absolute atomic E-state index is 13.9. The number of hydrogen-bond acceptors (Lipinski definition) is 6. The fourth-order valence-corrected chi connectivity index (χ4v) is 3.66. The van der Waals surface area contributed by atoms with E-state index < -0.39 is 17.7 Å². The number of esters is 1. The lowest BCUT2D eigenvalue weighted by Crippen LogP contribution is -2.30. The number of benzene rings is 1. The van der Waals surface area contributed by atoms with Crippen LogP contribution in [0.5, 0.6) is 0 Å². The Balaban J connectivity index is 1.95. The average Bonchev–Trinajstić information content (AvgIpc) is 3.00. The monoisotopic (exact) mass is 389 g/mol. The number of ether oxygens (including phenoxy) is 1. The van der Waals surface area contributed by atoms with Gasteiger partial charge in [0, 0.05) is 5.56 Å². The van der Waals surface area contributed by atoms with Crippen molar-refractivity contribution in [1.29, 1.82) is 0 Å². The van der Waals surface area contributed by atoms with E-state index in [1.807, 2.05) is 0 Å². The summed E-state index contributed by atoms with van der Waals surface area (Å²) < 4.78 is 19.6. The highest BCUT2D eigenvalue weighted by Crippen LogP contribution is 2.26. The van der Waals surface area contributed by atoms with E-state index >= 15 is 0 Å². The van der Waals surface area contributed by atoms with Crippen LogP contribution >= 0.6 is 11.3 Å². The van der Waals surface area contributed by atoms with Crippen molar-refractivity contribution in [3.63, 3.8) is 0 Å². The average molecular weight is 389 g/mol. The Kier molecular flexibility index (Phi) is 5.31. The highest BCUT2D eigenvalue weighted by molar-refractivity contribution is 7.20. The third kappa shape index (κ3) is 3.72. The maximum Gasteiger partial charge on any atom is 0.325 e. The largest absolute Gasteiger partial charge is 0.468 e. The van der Waals surface area contributed by atoms with E-state index in [4.69, 9.17) is 0 Å². The fraction of sp³-hybridized carbons (Fsp3) is 0.222. The molecule has 7 nitrogen and oxygen atoms in total. The zero-order valence-electron chi connectivity index (χ0n) is 14.6. The van der Waals surface area contributed by atoms with E-state index in [-0.39, 0.29) is 18.6 Å². The first-order valence-corrected chi connectivity index (χ1v) is 8.81. The van der Waals surface area contributed by atoms with Crippen molar-refractivity contribution in [3.05, 3.63) is 62.8 Å². The minimum absolute atomic E-state index is 0.0353. The Morgan fingerprint density at radius 3 is 2.78 bits per heavy atom. The molecule has 0 spiro atoms. The quantitative estimate of drug-likeness (QED) is 0.673. The number of amides is 1. The molecule has 1 aromatic carbocycles. The Labute approximate surface area is 157 Å². The van der Waals surface area contributed by atoms with Crippen molar-refractivity contribution in [2.45, 2.75) is 13.5 Å². The number of fused-ring (bicyclic) bond motifs is 1. The third-order valence-corrected chi connectivity index (χ3v) is 5.24. The van der Waals surface area contributed by atoms with E-state index in [9.17, 15) is 18.8 Å². The van der Waals surface area contributed by atoms with Crippen LogP contribution in [0.2, 0.25) is 0 Å².